The molecule has 1 N–H and O–H groups in total. The number of ketones is 1. The predicted octanol–water partition coefficient (Wildman–Crippen LogP) is 1.19. The molecule has 0 amide bonds. The van der Waals surface area contributed by atoms with Crippen molar-refractivity contribution in [3.05, 3.63) is 0 Å². The van der Waals surface area contributed by atoms with Crippen LogP contribution in [0.4, 0.5) is 0 Å². The van der Waals surface area contributed by atoms with E-state index in [0.29, 0.717) is 0 Å². The standard InChI is InChI=1S/C6H10Cl3NO4S/c1-2-5(11)3-10-15(12,13)14-4-6(7,8)9/h10H,2-4H2,1H3. The smallest absolute Gasteiger partial charge is 0.298 e. The van der Waals surface area contributed by atoms with Crippen LogP contribution in [0.3, 0.4) is 0 Å². The molecule has 0 spiro atoms. The van der Waals surface area contributed by atoms with Crippen molar-refractivity contribution in [3.63, 3.8) is 0 Å². The van der Waals surface area contributed by atoms with Gasteiger partial charge >= 0.3 is 10.3 Å². The molecular weight excluding hydrogens is 288 g/mol. The Kier molecular flexibility index (Phi) is 6.39. The van der Waals surface area contributed by atoms with Gasteiger partial charge in [-0.15, -0.1) is 0 Å². The van der Waals surface area contributed by atoms with E-state index < -0.39 is 20.7 Å². The molecule has 90 valence electrons. The summed E-state index contributed by atoms with van der Waals surface area (Å²) in [6, 6.07) is 0. The molecule has 0 aromatic heterocycles. The Morgan fingerprint density at radius 2 is 1.93 bits per heavy atom. The summed E-state index contributed by atoms with van der Waals surface area (Å²) in [5.41, 5.74) is 0. The first-order chi connectivity index (χ1) is 6.66. The molecule has 15 heavy (non-hydrogen) atoms. The van der Waals surface area contributed by atoms with Crippen molar-refractivity contribution in [1.82, 2.24) is 4.72 Å². The molecule has 0 saturated carbocycles. The molecule has 0 atom stereocenters. The first kappa shape index (κ1) is 15.4. The second-order valence-electron chi connectivity index (χ2n) is 2.54. The van der Waals surface area contributed by atoms with Crippen LogP contribution in [0.2, 0.25) is 0 Å². The van der Waals surface area contributed by atoms with Gasteiger partial charge in [-0.25, -0.2) is 0 Å². The average Bonchev–Trinajstić information content (AvgIpc) is 2.10. The van der Waals surface area contributed by atoms with E-state index in [2.05, 4.69) is 4.18 Å². The maximum absolute atomic E-state index is 11.0. The Labute approximate surface area is 103 Å². The van der Waals surface area contributed by atoms with Crippen molar-refractivity contribution in [3.8, 4) is 0 Å². The molecule has 0 radical (unpaired) electrons. The van der Waals surface area contributed by atoms with Gasteiger partial charge in [0.1, 0.15) is 12.4 Å². The Balaban J connectivity index is 4.04. The third-order valence-electron chi connectivity index (χ3n) is 1.22. The summed E-state index contributed by atoms with van der Waals surface area (Å²) in [5.74, 6) is -0.268. The average molecular weight is 299 g/mol. The Hall–Kier alpha value is 0.410. The van der Waals surface area contributed by atoms with Crippen molar-refractivity contribution in [2.75, 3.05) is 13.2 Å². The lowest BCUT2D eigenvalue weighted by atomic mass is 10.3. The molecule has 0 aliphatic heterocycles. The number of Topliss-reactive ketones (excluding diaryl/α,β-unsaturated/α-hetero) is 1. The van der Waals surface area contributed by atoms with Crippen LogP contribution in [0, 0.1) is 0 Å². The fraction of sp³-hybridized carbons (Fsp3) is 0.833. The van der Waals surface area contributed by atoms with Crippen LogP contribution in [-0.4, -0.2) is 31.1 Å². The summed E-state index contributed by atoms with van der Waals surface area (Å²) in [7, 11) is -4.04. The van der Waals surface area contributed by atoms with Crippen LogP contribution < -0.4 is 4.72 Å². The van der Waals surface area contributed by atoms with Gasteiger partial charge in [-0.3, -0.25) is 8.98 Å². The molecular formula is C6H10Cl3NO4S. The minimum Gasteiger partial charge on any atom is -0.298 e. The number of hydrogen-bond donors (Lipinski definition) is 1. The maximum Gasteiger partial charge on any atom is 0.336 e. The fourth-order valence-electron chi connectivity index (χ4n) is 0.480. The van der Waals surface area contributed by atoms with Crippen LogP contribution >= 0.6 is 34.8 Å². The van der Waals surface area contributed by atoms with E-state index in [9.17, 15) is 13.2 Å². The van der Waals surface area contributed by atoms with Gasteiger partial charge in [-0.2, -0.15) is 13.1 Å². The van der Waals surface area contributed by atoms with Crippen molar-refractivity contribution in [1.29, 1.82) is 0 Å². The second-order valence-corrected chi connectivity index (χ2v) is 6.49. The van der Waals surface area contributed by atoms with E-state index in [4.69, 9.17) is 34.8 Å². The highest BCUT2D eigenvalue weighted by Gasteiger charge is 2.24. The van der Waals surface area contributed by atoms with Crippen molar-refractivity contribution < 1.29 is 17.4 Å². The van der Waals surface area contributed by atoms with Crippen LogP contribution in [0.15, 0.2) is 0 Å². The van der Waals surface area contributed by atoms with E-state index in [-0.39, 0.29) is 18.7 Å². The molecule has 0 heterocycles. The molecule has 0 unspecified atom stereocenters. The van der Waals surface area contributed by atoms with Gasteiger partial charge in [-0.1, -0.05) is 41.7 Å². The molecule has 0 aromatic carbocycles. The number of alkyl halides is 3. The highest BCUT2D eigenvalue weighted by molar-refractivity contribution is 7.84. The molecule has 0 rings (SSSR count). The number of halogens is 3. The zero-order valence-electron chi connectivity index (χ0n) is 7.80. The normalized spacial score (nSPS) is 12.8. The van der Waals surface area contributed by atoms with Crippen LogP contribution in [0.5, 0.6) is 0 Å². The Morgan fingerprint density at radius 3 is 2.33 bits per heavy atom. The van der Waals surface area contributed by atoms with Crippen LogP contribution in [0.25, 0.3) is 0 Å². The zero-order valence-corrected chi connectivity index (χ0v) is 10.9. The Bertz CT molecular complexity index is 311. The molecule has 0 saturated heterocycles. The van der Waals surface area contributed by atoms with Gasteiger partial charge in [0.15, 0.2) is 0 Å². The largest absolute Gasteiger partial charge is 0.336 e. The molecule has 5 nitrogen and oxygen atoms in total. The van der Waals surface area contributed by atoms with E-state index in [1.165, 1.54) is 0 Å². The van der Waals surface area contributed by atoms with Crippen molar-refractivity contribution in [2.24, 2.45) is 0 Å². The Morgan fingerprint density at radius 1 is 1.40 bits per heavy atom. The van der Waals surface area contributed by atoms with E-state index in [1.54, 1.807) is 6.92 Å². The maximum atomic E-state index is 11.0. The third-order valence-corrected chi connectivity index (χ3v) is 2.47. The highest BCUT2D eigenvalue weighted by atomic mass is 35.6. The van der Waals surface area contributed by atoms with Crippen molar-refractivity contribution in [2.45, 2.75) is 17.1 Å². The molecule has 0 aliphatic rings. The van der Waals surface area contributed by atoms with Gasteiger partial charge < -0.3 is 0 Å². The lowest BCUT2D eigenvalue weighted by molar-refractivity contribution is -0.117. The summed E-state index contributed by atoms with van der Waals surface area (Å²) in [6.07, 6.45) is 0.229. The first-order valence-electron chi connectivity index (χ1n) is 3.89. The topological polar surface area (TPSA) is 72.5 Å². The van der Waals surface area contributed by atoms with E-state index in [0.717, 1.165) is 0 Å². The predicted molar refractivity (Wildman–Crippen MR) is 58.5 cm³/mol. The number of hydrogen-bond acceptors (Lipinski definition) is 4. The van der Waals surface area contributed by atoms with Gasteiger partial charge in [0.05, 0.1) is 6.54 Å². The molecule has 0 fully saturated rings. The van der Waals surface area contributed by atoms with Crippen LogP contribution in [0.1, 0.15) is 13.3 Å². The molecule has 0 aromatic rings. The summed E-state index contributed by atoms with van der Waals surface area (Å²) in [4.78, 5) is 10.8. The monoisotopic (exact) mass is 297 g/mol. The third kappa shape index (κ3) is 9.35. The number of nitrogens with one attached hydrogen (secondary N) is 1. The second kappa shape index (κ2) is 6.22. The van der Waals surface area contributed by atoms with E-state index in [1.807, 2.05) is 4.72 Å². The summed E-state index contributed by atoms with van der Waals surface area (Å²) >= 11 is 15.8. The zero-order chi connectivity index (χ0) is 12.1. The van der Waals surface area contributed by atoms with Crippen LogP contribution in [-0.2, 0) is 19.3 Å². The van der Waals surface area contributed by atoms with Gasteiger partial charge in [0, 0.05) is 6.42 Å². The number of rotatable bonds is 6. The molecule has 9 heteroatoms. The fourth-order valence-corrected chi connectivity index (χ4v) is 1.59. The minimum atomic E-state index is -4.04. The molecule has 0 bridgehead atoms. The first-order valence-corrected chi connectivity index (χ1v) is 6.43. The summed E-state index contributed by atoms with van der Waals surface area (Å²) < 4.78 is 26.5. The molecule has 0 aliphatic carbocycles. The van der Waals surface area contributed by atoms with Gasteiger partial charge in [0.2, 0.25) is 3.79 Å². The summed E-state index contributed by atoms with van der Waals surface area (Å²) in [6.45, 7) is 0.658. The summed E-state index contributed by atoms with van der Waals surface area (Å²) in [5, 5.41) is 0. The van der Waals surface area contributed by atoms with Crippen molar-refractivity contribution >= 4 is 50.9 Å². The highest BCUT2D eigenvalue weighted by Crippen LogP contribution is 2.26. The lowest BCUT2D eigenvalue weighted by Gasteiger charge is -2.11. The number of carbonyl (C=O) groups is 1. The van der Waals surface area contributed by atoms with Gasteiger partial charge in [0.25, 0.3) is 0 Å². The van der Waals surface area contributed by atoms with E-state index >= 15 is 0 Å². The lowest BCUT2D eigenvalue weighted by Crippen LogP contribution is -2.32. The SMILES string of the molecule is CCC(=O)CNS(=O)(=O)OCC(Cl)(Cl)Cl. The quantitative estimate of drug-likeness (QED) is 0.748. The minimum absolute atomic E-state index is 0.229. The number of carbonyl (C=O) groups excluding carboxylic acids is 1. The van der Waals surface area contributed by atoms with Gasteiger partial charge in [-0.05, 0) is 0 Å².